The zero-order valence-electron chi connectivity index (χ0n) is 8.78. The fraction of sp³-hybridized carbons (Fsp3) is 0.909. The summed E-state index contributed by atoms with van der Waals surface area (Å²) in [6, 6.07) is 0.666. The summed E-state index contributed by atoms with van der Waals surface area (Å²) in [7, 11) is 0. The van der Waals surface area contributed by atoms with Crippen molar-refractivity contribution in [1.82, 2.24) is 4.90 Å². The Morgan fingerprint density at radius 3 is 2.64 bits per heavy atom. The molecule has 80 valence electrons. The molecule has 0 spiro atoms. The first kappa shape index (κ1) is 9.97. The zero-order chi connectivity index (χ0) is 10.1. The Morgan fingerprint density at radius 2 is 2.14 bits per heavy atom. The third-order valence-corrected chi connectivity index (χ3v) is 3.85. The third-order valence-electron chi connectivity index (χ3n) is 3.85. The van der Waals surface area contributed by atoms with Gasteiger partial charge in [-0.1, -0.05) is 13.3 Å². The van der Waals surface area contributed by atoms with Crippen LogP contribution in [-0.4, -0.2) is 35.1 Å². The quantitative estimate of drug-likeness (QED) is 0.730. The molecule has 3 atom stereocenters. The number of likely N-dealkylation sites (tertiary alicyclic amines) is 1. The van der Waals surface area contributed by atoms with Gasteiger partial charge >= 0.3 is 5.97 Å². The second-order valence-corrected chi connectivity index (χ2v) is 4.79. The number of rotatable bonds is 2. The van der Waals surface area contributed by atoms with Crippen molar-refractivity contribution in [2.24, 2.45) is 11.8 Å². The first-order valence-electron chi connectivity index (χ1n) is 5.65. The van der Waals surface area contributed by atoms with Crippen LogP contribution in [0.3, 0.4) is 0 Å². The Balaban J connectivity index is 1.91. The van der Waals surface area contributed by atoms with E-state index in [2.05, 4.69) is 11.8 Å². The highest BCUT2D eigenvalue weighted by Gasteiger charge is 2.36. The molecular formula is C11H19NO2. The van der Waals surface area contributed by atoms with Crippen molar-refractivity contribution in [3.8, 4) is 0 Å². The lowest BCUT2D eigenvalue weighted by atomic mass is 10.1. The molecule has 0 radical (unpaired) electrons. The Hall–Kier alpha value is -0.570. The molecule has 1 N–H and O–H groups in total. The van der Waals surface area contributed by atoms with Crippen LogP contribution in [-0.2, 0) is 4.79 Å². The highest BCUT2D eigenvalue weighted by Crippen LogP contribution is 2.32. The van der Waals surface area contributed by atoms with Gasteiger partial charge in [-0.25, -0.2) is 0 Å². The molecule has 0 aromatic rings. The maximum atomic E-state index is 10.8. The van der Waals surface area contributed by atoms with Gasteiger partial charge in [0.2, 0.25) is 0 Å². The molecule has 1 aliphatic heterocycles. The number of carboxylic acids is 1. The van der Waals surface area contributed by atoms with Gasteiger partial charge in [0.1, 0.15) is 0 Å². The summed E-state index contributed by atoms with van der Waals surface area (Å²) in [5, 5.41) is 8.91. The SMILES string of the molecule is CC1CCCC1N1CCC(C(=O)O)C1. The van der Waals surface area contributed by atoms with E-state index in [1.54, 1.807) is 0 Å². The molecule has 2 rings (SSSR count). The normalized spacial score (nSPS) is 39.1. The van der Waals surface area contributed by atoms with Crippen molar-refractivity contribution >= 4 is 5.97 Å². The molecule has 3 heteroatoms. The second-order valence-electron chi connectivity index (χ2n) is 4.79. The molecule has 2 aliphatic rings. The Kier molecular flexibility index (Phi) is 2.77. The Morgan fingerprint density at radius 1 is 1.36 bits per heavy atom. The molecule has 1 saturated carbocycles. The maximum Gasteiger partial charge on any atom is 0.307 e. The van der Waals surface area contributed by atoms with Gasteiger partial charge in [0.15, 0.2) is 0 Å². The standard InChI is InChI=1S/C11H19NO2/c1-8-3-2-4-10(8)12-6-5-9(7-12)11(13)14/h8-10H,2-7H2,1H3,(H,13,14). The summed E-state index contributed by atoms with van der Waals surface area (Å²) in [5.74, 6) is 0.0449. The Labute approximate surface area is 85.1 Å². The predicted octanol–water partition coefficient (Wildman–Crippen LogP) is 1.58. The van der Waals surface area contributed by atoms with Gasteiger partial charge in [-0.05, 0) is 31.7 Å². The van der Waals surface area contributed by atoms with Crippen molar-refractivity contribution in [3.63, 3.8) is 0 Å². The topological polar surface area (TPSA) is 40.5 Å². The Bertz CT molecular complexity index is 229. The van der Waals surface area contributed by atoms with Crippen LogP contribution in [0.4, 0.5) is 0 Å². The number of aliphatic carboxylic acids is 1. The molecule has 0 bridgehead atoms. The highest BCUT2D eigenvalue weighted by molar-refractivity contribution is 5.70. The minimum atomic E-state index is -0.613. The number of nitrogens with zero attached hydrogens (tertiary/aromatic N) is 1. The predicted molar refractivity (Wildman–Crippen MR) is 54.1 cm³/mol. The van der Waals surface area contributed by atoms with Gasteiger partial charge in [0.25, 0.3) is 0 Å². The number of hydrogen-bond acceptors (Lipinski definition) is 2. The van der Waals surface area contributed by atoms with E-state index in [-0.39, 0.29) is 5.92 Å². The van der Waals surface area contributed by atoms with Crippen LogP contribution in [0, 0.1) is 11.8 Å². The van der Waals surface area contributed by atoms with Crippen molar-refractivity contribution in [3.05, 3.63) is 0 Å². The summed E-state index contributed by atoms with van der Waals surface area (Å²) in [6.07, 6.45) is 4.75. The fourth-order valence-electron chi connectivity index (χ4n) is 2.96. The van der Waals surface area contributed by atoms with Crippen molar-refractivity contribution in [2.45, 2.75) is 38.6 Å². The molecule has 3 unspecified atom stereocenters. The number of hydrogen-bond donors (Lipinski definition) is 1. The lowest BCUT2D eigenvalue weighted by molar-refractivity contribution is -0.141. The maximum absolute atomic E-state index is 10.8. The minimum absolute atomic E-state index is 0.109. The van der Waals surface area contributed by atoms with Gasteiger partial charge in [-0.3, -0.25) is 9.69 Å². The van der Waals surface area contributed by atoms with Crippen LogP contribution in [0.5, 0.6) is 0 Å². The molecule has 1 saturated heterocycles. The monoisotopic (exact) mass is 197 g/mol. The van der Waals surface area contributed by atoms with E-state index in [4.69, 9.17) is 5.11 Å². The highest BCUT2D eigenvalue weighted by atomic mass is 16.4. The summed E-state index contributed by atoms with van der Waals surface area (Å²) in [4.78, 5) is 13.2. The van der Waals surface area contributed by atoms with Gasteiger partial charge in [-0.15, -0.1) is 0 Å². The van der Waals surface area contributed by atoms with Gasteiger partial charge in [0, 0.05) is 12.6 Å². The van der Waals surface area contributed by atoms with Crippen LogP contribution in [0.1, 0.15) is 32.6 Å². The van der Waals surface area contributed by atoms with E-state index in [9.17, 15) is 4.79 Å². The van der Waals surface area contributed by atoms with E-state index in [1.165, 1.54) is 19.3 Å². The summed E-state index contributed by atoms with van der Waals surface area (Å²) in [6.45, 7) is 4.07. The van der Waals surface area contributed by atoms with Crippen molar-refractivity contribution in [2.75, 3.05) is 13.1 Å². The van der Waals surface area contributed by atoms with E-state index in [0.717, 1.165) is 25.4 Å². The molecular weight excluding hydrogens is 178 g/mol. The van der Waals surface area contributed by atoms with Crippen molar-refractivity contribution in [1.29, 1.82) is 0 Å². The lowest BCUT2D eigenvalue weighted by Gasteiger charge is -2.27. The first-order valence-corrected chi connectivity index (χ1v) is 5.65. The smallest absolute Gasteiger partial charge is 0.307 e. The largest absolute Gasteiger partial charge is 0.481 e. The lowest BCUT2D eigenvalue weighted by Crippen LogP contribution is -2.35. The first-order chi connectivity index (χ1) is 6.68. The summed E-state index contributed by atoms with van der Waals surface area (Å²) >= 11 is 0. The zero-order valence-corrected chi connectivity index (χ0v) is 8.78. The van der Waals surface area contributed by atoms with Gasteiger partial charge in [-0.2, -0.15) is 0 Å². The molecule has 2 fully saturated rings. The van der Waals surface area contributed by atoms with E-state index in [0.29, 0.717) is 6.04 Å². The fourth-order valence-corrected chi connectivity index (χ4v) is 2.96. The third kappa shape index (κ3) is 1.78. The molecule has 3 nitrogen and oxygen atoms in total. The van der Waals surface area contributed by atoms with Crippen LogP contribution >= 0.6 is 0 Å². The van der Waals surface area contributed by atoms with Crippen LogP contribution < -0.4 is 0 Å². The summed E-state index contributed by atoms with van der Waals surface area (Å²) < 4.78 is 0. The molecule has 0 aromatic carbocycles. The summed E-state index contributed by atoms with van der Waals surface area (Å²) in [5.41, 5.74) is 0. The number of carbonyl (C=O) groups is 1. The van der Waals surface area contributed by atoms with Gasteiger partial charge in [0.05, 0.1) is 5.92 Å². The van der Waals surface area contributed by atoms with Crippen LogP contribution in [0.25, 0.3) is 0 Å². The average Bonchev–Trinajstić information content (AvgIpc) is 2.71. The molecule has 1 aliphatic carbocycles. The molecule has 14 heavy (non-hydrogen) atoms. The van der Waals surface area contributed by atoms with E-state index in [1.807, 2.05) is 0 Å². The van der Waals surface area contributed by atoms with Gasteiger partial charge < -0.3 is 5.11 Å². The molecule has 0 amide bonds. The van der Waals surface area contributed by atoms with E-state index < -0.39 is 5.97 Å². The van der Waals surface area contributed by atoms with Crippen LogP contribution in [0.15, 0.2) is 0 Å². The molecule has 0 aromatic heterocycles. The number of carboxylic acid groups (broad SMARTS) is 1. The van der Waals surface area contributed by atoms with E-state index >= 15 is 0 Å². The minimum Gasteiger partial charge on any atom is -0.481 e. The van der Waals surface area contributed by atoms with Crippen LogP contribution in [0.2, 0.25) is 0 Å². The second kappa shape index (κ2) is 3.89. The van der Waals surface area contributed by atoms with Crippen molar-refractivity contribution < 1.29 is 9.90 Å². The molecule has 1 heterocycles. The average molecular weight is 197 g/mol.